The van der Waals surface area contributed by atoms with E-state index in [0.29, 0.717) is 11.8 Å². The summed E-state index contributed by atoms with van der Waals surface area (Å²) in [6.07, 6.45) is 2.30. The minimum absolute atomic E-state index is 0.0264. The second-order valence-electron chi connectivity index (χ2n) is 7.12. The van der Waals surface area contributed by atoms with Gasteiger partial charge in [-0.15, -0.1) is 10.2 Å². The van der Waals surface area contributed by atoms with Crippen LogP contribution in [0, 0.1) is 13.8 Å². The van der Waals surface area contributed by atoms with E-state index in [1.165, 1.54) is 22.9 Å². The van der Waals surface area contributed by atoms with E-state index < -0.39 is 0 Å². The van der Waals surface area contributed by atoms with Gasteiger partial charge in [0.15, 0.2) is 5.16 Å². The van der Waals surface area contributed by atoms with E-state index >= 15 is 0 Å². The number of aromatic nitrogens is 3. The molecule has 8 heteroatoms. The highest BCUT2D eigenvalue weighted by atomic mass is 32.2. The van der Waals surface area contributed by atoms with Crippen LogP contribution in [0.2, 0.25) is 0 Å². The molecule has 1 aromatic heterocycles. The molecule has 0 spiro atoms. The van der Waals surface area contributed by atoms with E-state index in [1.54, 1.807) is 0 Å². The fraction of sp³-hybridized carbons (Fsp3) is 0.526. The van der Waals surface area contributed by atoms with Crippen LogP contribution in [0.4, 0.5) is 11.6 Å². The van der Waals surface area contributed by atoms with Crippen molar-refractivity contribution < 1.29 is 9.53 Å². The van der Waals surface area contributed by atoms with Gasteiger partial charge in [0, 0.05) is 24.8 Å². The lowest BCUT2D eigenvalue weighted by molar-refractivity contribution is -0.113. The Labute approximate surface area is 163 Å². The summed E-state index contributed by atoms with van der Waals surface area (Å²) in [5, 5.41) is 12.6. The van der Waals surface area contributed by atoms with Crippen molar-refractivity contribution in [2.75, 3.05) is 42.3 Å². The first kappa shape index (κ1) is 18.3. The minimum Gasteiger partial charge on any atom is -0.378 e. The summed E-state index contributed by atoms with van der Waals surface area (Å²) in [5.41, 5.74) is 3.22. The lowest BCUT2D eigenvalue weighted by atomic mass is 10.1. The number of rotatable bonds is 6. The van der Waals surface area contributed by atoms with Gasteiger partial charge in [-0.1, -0.05) is 17.8 Å². The molecule has 1 saturated heterocycles. The molecule has 2 aromatic rings. The summed E-state index contributed by atoms with van der Waals surface area (Å²) in [6.45, 7) is 7.22. The molecule has 1 amide bonds. The van der Waals surface area contributed by atoms with Crippen LogP contribution in [0.25, 0.3) is 0 Å². The van der Waals surface area contributed by atoms with Gasteiger partial charge in [0.1, 0.15) is 0 Å². The molecule has 1 aromatic carbocycles. The zero-order valence-corrected chi connectivity index (χ0v) is 16.6. The largest absolute Gasteiger partial charge is 0.378 e. The molecule has 0 atom stereocenters. The summed E-state index contributed by atoms with van der Waals surface area (Å²) in [4.78, 5) is 14.6. The number of benzene rings is 1. The monoisotopic (exact) mass is 387 g/mol. The first-order valence-electron chi connectivity index (χ1n) is 9.39. The molecule has 2 fully saturated rings. The maximum absolute atomic E-state index is 12.4. The van der Waals surface area contributed by atoms with Crippen LogP contribution in [0.15, 0.2) is 23.4 Å². The minimum atomic E-state index is -0.0264. The topological polar surface area (TPSA) is 72.3 Å². The SMILES string of the molecule is Cc1ccc(NC(=O)CSc2nnc(N3CCOCC3)n2C2CC2)cc1C. The Kier molecular flexibility index (Phi) is 5.36. The number of nitrogens with zero attached hydrogens (tertiary/aromatic N) is 4. The third-order valence-corrected chi connectivity index (χ3v) is 5.92. The molecule has 1 aliphatic heterocycles. The molecule has 0 radical (unpaired) electrons. The number of amides is 1. The first-order chi connectivity index (χ1) is 13.1. The van der Waals surface area contributed by atoms with E-state index in [1.807, 2.05) is 25.1 Å². The second-order valence-corrected chi connectivity index (χ2v) is 8.06. The van der Waals surface area contributed by atoms with E-state index in [-0.39, 0.29) is 5.91 Å². The fourth-order valence-corrected chi connectivity index (χ4v) is 3.95. The fourth-order valence-electron chi connectivity index (χ4n) is 3.15. The van der Waals surface area contributed by atoms with Gasteiger partial charge in [-0.2, -0.15) is 0 Å². The number of carbonyl (C=O) groups is 1. The van der Waals surface area contributed by atoms with Gasteiger partial charge in [-0.3, -0.25) is 9.36 Å². The molecule has 2 heterocycles. The van der Waals surface area contributed by atoms with E-state index in [0.717, 1.165) is 55.9 Å². The molecule has 2 aliphatic rings. The molecule has 1 aliphatic carbocycles. The highest BCUT2D eigenvalue weighted by Crippen LogP contribution is 2.41. The molecule has 27 heavy (non-hydrogen) atoms. The molecule has 4 rings (SSSR count). The second kappa shape index (κ2) is 7.90. The van der Waals surface area contributed by atoms with Crippen molar-refractivity contribution in [3.8, 4) is 0 Å². The zero-order chi connectivity index (χ0) is 18.8. The highest BCUT2D eigenvalue weighted by Gasteiger charge is 2.32. The van der Waals surface area contributed by atoms with Gasteiger partial charge in [0.05, 0.1) is 19.0 Å². The molecule has 1 saturated carbocycles. The third-order valence-electron chi connectivity index (χ3n) is 4.98. The normalized spacial score (nSPS) is 17.2. The highest BCUT2D eigenvalue weighted by molar-refractivity contribution is 7.99. The van der Waals surface area contributed by atoms with Gasteiger partial charge in [-0.25, -0.2) is 0 Å². The molecular weight excluding hydrogens is 362 g/mol. The number of aryl methyl sites for hydroxylation is 2. The number of ether oxygens (including phenoxy) is 1. The summed E-state index contributed by atoms with van der Waals surface area (Å²) in [5.74, 6) is 1.21. The van der Waals surface area contributed by atoms with Gasteiger partial charge in [0.25, 0.3) is 0 Å². The van der Waals surface area contributed by atoms with Crippen LogP contribution in [0.1, 0.15) is 30.0 Å². The lowest BCUT2D eigenvalue weighted by Crippen LogP contribution is -2.38. The van der Waals surface area contributed by atoms with Crippen LogP contribution in [-0.4, -0.2) is 52.7 Å². The van der Waals surface area contributed by atoms with Crippen LogP contribution in [-0.2, 0) is 9.53 Å². The van der Waals surface area contributed by atoms with E-state index in [9.17, 15) is 4.79 Å². The average molecular weight is 388 g/mol. The van der Waals surface area contributed by atoms with Crippen LogP contribution >= 0.6 is 11.8 Å². The van der Waals surface area contributed by atoms with Crippen molar-refractivity contribution in [3.05, 3.63) is 29.3 Å². The predicted octanol–water partition coefficient (Wildman–Crippen LogP) is 2.80. The van der Waals surface area contributed by atoms with Crippen molar-refractivity contribution >= 4 is 29.3 Å². The Balaban J connectivity index is 1.41. The number of hydrogen-bond acceptors (Lipinski definition) is 6. The Morgan fingerprint density at radius 3 is 2.70 bits per heavy atom. The average Bonchev–Trinajstić information content (AvgIpc) is 3.43. The summed E-state index contributed by atoms with van der Waals surface area (Å²) < 4.78 is 7.65. The predicted molar refractivity (Wildman–Crippen MR) is 107 cm³/mol. The first-order valence-corrected chi connectivity index (χ1v) is 10.4. The zero-order valence-electron chi connectivity index (χ0n) is 15.8. The summed E-state index contributed by atoms with van der Waals surface area (Å²) in [7, 11) is 0. The third kappa shape index (κ3) is 4.27. The van der Waals surface area contributed by atoms with E-state index in [4.69, 9.17) is 4.74 Å². The maximum Gasteiger partial charge on any atom is 0.234 e. The van der Waals surface area contributed by atoms with Gasteiger partial charge >= 0.3 is 0 Å². The molecular formula is C19H25N5O2S. The number of morpholine rings is 1. The number of anilines is 2. The van der Waals surface area contributed by atoms with Crippen molar-refractivity contribution in [1.29, 1.82) is 0 Å². The van der Waals surface area contributed by atoms with Crippen LogP contribution in [0.5, 0.6) is 0 Å². The molecule has 144 valence electrons. The lowest BCUT2D eigenvalue weighted by Gasteiger charge is -2.27. The number of carbonyl (C=O) groups excluding carboxylic acids is 1. The quantitative estimate of drug-likeness (QED) is 0.769. The molecule has 0 bridgehead atoms. The van der Waals surface area contributed by atoms with Gasteiger partial charge in [-0.05, 0) is 49.9 Å². The molecule has 7 nitrogen and oxygen atoms in total. The Morgan fingerprint density at radius 2 is 2.00 bits per heavy atom. The summed E-state index contributed by atoms with van der Waals surface area (Å²) in [6, 6.07) is 6.43. The maximum atomic E-state index is 12.4. The molecule has 0 unspecified atom stereocenters. The Bertz CT molecular complexity index is 828. The Morgan fingerprint density at radius 1 is 1.22 bits per heavy atom. The number of nitrogens with one attached hydrogen (secondary N) is 1. The van der Waals surface area contributed by atoms with Crippen molar-refractivity contribution in [3.63, 3.8) is 0 Å². The van der Waals surface area contributed by atoms with E-state index in [2.05, 4.69) is 31.9 Å². The van der Waals surface area contributed by atoms with Crippen molar-refractivity contribution in [2.45, 2.75) is 37.9 Å². The van der Waals surface area contributed by atoms with Crippen LogP contribution in [0.3, 0.4) is 0 Å². The number of hydrogen-bond donors (Lipinski definition) is 1. The Hall–Kier alpha value is -2.06. The van der Waals surface area contributed by atoms with Crippen molar-refractivity contribution in [1.82, 2.24) is 14.8 Å². The smallest absolute Gasteiger partial charge is 0.234 e. The summed E-state index contributed by atoms with van der Waals surface area (Å²) >= 11 is 1.45. The van der Waals surface area contributed by atoms with Gasteiger partial charge < -0.3 is 15.0 Å². The standard InChI is InChI=1S/C19H25N5O2S/c1-13-3-4-15(11-14(13)2)20-17(25)12-27-19-22-21-18(24(19)16-5-6-16)23-7-9-26-10-8-23/h3-4,11,16H,5-10,12H2,1-2H3,(H,20,25). The molecule has 1 N–H and O–H groups in total. The van der Waals surface area contributed by atoms with Crippen LogP contribution < -0.4 is 10.2 Å². The van der Waals surface area contributed by atoms with Gasteiger partial charge in [0.2, 0.25) is 11.9 Å². The van der Waals surface area contributed by atoms with Crippen molar-refractivity contribution in [2.24, 2.45) is 0 Å². The number of thioether (sulfide) groups is 1.